The molecule has 2 aromatic carbocycles. The second-order valence-corrected chi connectivity index (χ2v) is 11.6. The van der Waals surface area contributed by atoms with Gasteiger partial charge in [-0.05, 0) is 69.3 Å². The number of nitrogens with zero attached hydrogens (tertiary/aromatic N) is 1. The van der Waals surface area contributed by atoms with Crippen molar-refractivity contribution in [2.24, 2.45) is 11.8 Å². The number of H-pyrrole nitrogens is 1. The molecule has 5 unspecified atom stereocenters. The number of benzene rings is 2. The number of aliphatic carboxylic acids is 3. The molecule has 43 heavy (non-hydrogen) atoms. The van der Waals surface area contributed by atoms with Crippen LogP contribution >= 0.6 is 0 Å². The Hall–Kier alpha value is -3.99. The normalized spacial score (nSPS) is 24.4. The number of aliphatic hydroxyl groups excluding tert-OH is 1. The fourth-order valence-corrected chi connectivity index (χ4v) is 6.86. The summed E-state index contributed by atoms with van der Waals surface area (Å²) in [5, 5.41) is 34.9. The third-order valence-corrected chi connectivity index (χ3v) is 9.07. The van der Waals surface area contributed by atoms with Crippen molar-refractivity contribution < 1.29 is 39.5 Å². The zero-order valence-electron chi connectivity index (χ0n) is 24.5. The summed E-state index contributed by atoms with van der Waals surface area (Å²) in [6.07, 6.45) is 4.05. The monoisotopic (exact) mass is 592 g/mol. The lowest BCUT2D eigenvalue weighted by Gasteiger charge is -2.55. The topological polar surface area (TPSA) is 160 Å². The highest BCUT2D eigenvalue weighted by Gasteiger charge is 2.54. The van der Waals surface area contributed by atoms with Crippen LogP contribution in [-0.2, 0) is 36.7 Å². The smallest absolute Gasteiger partial charge is 0.333 e. The van der Waals surface area contributed by atoms with E-state index in [9.17, 15) is 14.4 Å². The predicted octanol–water partition coefficient (Wildman–Crippen LogP) is 4.38. The minimum absolute atomic E-state index is 0.0210. The number of nitrogens with one attached hydrogen (secondary N) is 1. The maximum absolute atomic E-state index is 10.3. The summed E-state index contributed by atoms with van der Waals surface area (Å²) in [6, 6.07) is 19.7. The SMILES string of the molecule is C=CCC1CC(c2ccccc2)(N(C)C)CCC12OCCc1c2[nH]c2ccccc12.O=C(O)CC(C(=O)O)C(O)C(=O)O. The van der Waals surface area contributed by atoms with Crippen LogP contribution in [0.15, 0.2) is 67.3 Å². The third kappa shape index (κ3) is 6.22. The average Bonchev–Trinajstić information content (AvgIpc) is 3.37. The van der Waals surface area contributed by atoms with Crippen LogP contribution in [-0.4, -0.2) is 75.0 Å². The van der Waals surface area contributed by atoms with Gasteiger partial charge in [-0.25, -0.2) is 4.79 Å². The van der Waals surface area contributed by atoms with Gasteiger partial charge >= 0.3 is 17.9 Å². The molecule has 2 heterocycles. The van der Waals surface area contributed by atoms with Gasteiger partial charge in [0.25, 0.3) is 0 Å². The first-order valence-electron chi connectivity index (χ1n) is 14.4. The molecule has 1 aromatic heterocycles. The minimum Gasteiger partial charge on any atom is -0.481 e. The molecule has 230 valence electrons. The van der Waals surface area contributed by atoms with Gasteiger partial charge in [-0.15, -0.1) is 6.58 Å². The maximum atomic E-state index is 10.3. The highest BCUT2D eigenvalue weighted by molar-refractivity contribution is 5.86. The minimum atomic E-state index is -2.20. The van der Waals surface area contributed by atoms with Crippen LogP contribution in [0.3, 0.4) is 0 Å². The van der Waals surface area contributed by atoms with Crippen molar-refractivity contribution in [3.63, 3.8) is 0 Å². The number of hydrogen-bond acceptors (Lipinski definition) is 6. The number of allylic oxidation sites excluding steroid dienone is 1. The van der Waals surface area contributed by atoms with E-state index >= 15 is 0 Å². The molecule has 1 spiro atoms. The van der Waals surface area contributed by atoms with E-state index in [1.54, 1.807) is 0 Å². The zero-order chi connectivity index (χ0) is 31.4. The molecule has 0 amide bonds. The first kappa shape index (κ1) is 31.9. The zero-order valence-corrected chi connectivity index (χ0v) is 24.5. The van der Waals surface area contributed by atoms with Gasteiger partial charge in [0.05, 0.1) is 18.7 Å². The Kier molecular flexibility index (Phi) is 9.74. The number of aromatic nitrogens is 1. The fourth-order valence-electron chi connectivity index (χ4n) is 6.86. The Morgan fingerprint density at radius 2 is 1.72 bits per heavy atom. The maximum Gasteiger partial charge on any atom is 0.333 e. The number of carboxylic acid groups (broad SMARTS) is 3. The molecule has 1 fully saturated rings. The molecule has 0 saturated heterocycles. The lowest BCUT2D eigenvalue weighted by molar-refractivity contribution is -0.162. The van der Waals surface area contributed by atoms with Crippen LogP contribution in [0, 0.1) is 11.8 Å². The van der Waals surface area contributed by atoms with Crippen LogP contribution in [0.4, 0.5) is 0 Å². The number of rotatable bonds is 9. The summed E-state index contributed by atoms with van der Waals surface area (Å²) >= 11 is 0. The Bertz CT molecular complexity index is 1470. The number of aromatic amines is 1. The quantitative estimate of drug-likeness (QED) is 0.227. The number of hydrogen-bond donors (Lipinski definition) is 5. The highest BCUT2D eigenvalue weighted by atomic mass is 16.5. The second-order valence-electron chi connectivity index (χ2n) is 11.6. The number of ether oxygens (including phenoxy) is 1. The summed E-state index contributed by atoms with van der Waals surface area (Å²) in [6.45, 7) is 4.91. The number of aliphatic hydroxyl groups is 1. The molecule has 3 aromatic rings. The molecule has 1 aliphatic carbocycles. The molecule has 0 radical (unpaired) electrons. The molecule has 0 bridgehead atoms. The molecule has 5 N–H and O–H groups in total. The van der Waals surface area contributed by atoms with Crippen molar-refractivity contribution in [2.75, 3.05) is 20.7 Å². The van der Waals surface area contributed by atoms with Gasteiger partial charge in [0.15, 0.2) is 6.10 Å². The molecule has 5 rings (SSSR count). The van der Waals surface area contributed by atoms with Gasteiger partial charge < -0.3 is 30.1 Å². The van der Waals surface area contributed by atoms with Crippen LogP contribution < -0.4 is 0 Å². The molecular weight excluding hydrogens is 552 g/mol. The van der Waals surface area contributed by atoms with Crippen molar-refractivity contribution in [2.45, 2.75) is 55.8 Å². The summed E-state index contributed by atoms with van der Waals surface area (Å²) < 4.78 is 6.74. The molecule has 1 saturated carbocycles. The second kappa shape index (κ2) is 13.1. The van der Waals surface area contributed by atoms with Gasteiger partial charge in [-0.2, -0.15) is 0 Å². The van der Waals surface area contributed by atoms with E-state index in [0.717, 1.165) is 38.7 Å². The fraction of sp³-hybridized carbons (Fsp3) is 0.424. The van der Waals surface area contributed by atoms with Gasteiger partial charge in [0, 0.05) is 16.4 Å². The third-order valence-electron chi connectivity index (χ3n) is 9.07. The van der Waals surface area contributed by atoms with E-state index in [1.807, 2.05) is 0 Å². The number of carbonyl (C=O) groups is 3. The Morgan fingerprint density at radius 1 is 1.05 bits per heavy atom. The molecule has 10 heteroatoms. The van der Waals surface area contributed by atoms with Crippen LogP contribution in [0.1, 0.15) is 48.9 Å². The van der Waals surface area contributed by atoms with Gasteiger partial charge in [-0.3, -0.25) is 14.5 Å². The van der Waals surface area contributed by atoms with Crippen molar-refractivity contribution in [3.8, 4) is 0 Å². The van der Waals surface area contributed by atoms with E-state index in [2.05, 4.69) is 91.2 Å². The Balaban J connectivity index is 0.000000277. The molecule has 5 atom stereocenters. The van der Waals surface area contributed by atoms with Crippen LogP contribution in [0.5, 0.6) is 0 Å². The number of para-hydroxylation sites is 1. The van der Waals surface area contributed by atoms with Crippen LogP contribution in [0.2, 0.25) is 0 Å². The summed E-state index contributed by atoms with van der Waals surface area (Å²) in [4.78, 5) is 36.7. The summed E-state index contributed by atoms with van der Waals surface area (Å²) in [5.41, 5.74) is 5.19. The highest BCUT2D eigenvalue weighted by Crippen LogP contribution is 2.56. The van der Waals surface area contributed by atoms with Crippen molar-refractivity contribution in [3.05, 3.63) is 84.1 Å². The van der Waals surface area contributed by atoms with E-state index in [1.165, 1.54) is 27.7 Å². The Labute approximate surface area is 250 Å². The molecule has 2 aliphatic rings. The predicted molar refractivity (Wildman–Crippen MR) is 161 cm³/mol. The van der Waals surface area contributed by atoms with Crippen molar-refractivity contribution in [1.29, 1.82) is 0 Å². The standard InChI is InChI=1S/C27H32N2O.C6H8O7/c1-4-10-21-19-26(29(2)3,20-11-6-5-7-12-20)16-17-27(21)25-23(15-18-30-27)22-13-8-9-14-24(22)28-25;7-3(8)1-2(5(10)11)4(9)6(12)13/h4-9,11-14,21,28H,1,10,15-19H2,2-3H3;2,4,9H,1H2,(H,7,8)(H,10,11)(H,12,13). The van der Waals surface area contributed by atoms with Crippen LogP contribution in [0.25, 0.3) is 10.9 Å². The first-order valence-corrected chi connectivity index (χ1v) is 14.4. The van der Waals surface area contributed by atoms with E-state index < -0.39 is 36.4 Å². The molecule has 10 nitrogen and oxygen atoms in total. The summed E-state index contributed by atoms with van der Waals surface area (Å²) in [5.74, 6) is -6.34. The van der Waals surface area contributed by atoms with Crippen molar-refractivity contribution in [1.82, 2.24) is 9.88 Å². The van der Waals surface area contributed by atoms with E-state index in [0.29, 0.717) is 5.92 Å². The first-order chi connectivity index (χ1) is 20.5. The van der Waals surface area contributed by atoms with Crippen molar-refractivity contribution >= 4 is 28.8 Å². The number of carboxylic acids is 3. The van der Waals surface area contributed by atoms with Gasteiger partial charge in [-0.1, -0.05) is 54.6 Å². The van der Waals surface area contributed by atoms with Gasteiger partial charge in [0.2, 0.25) is 0 Å². The average molecular weight is 593 g/mol. The van der Waals surface area contributed by atoms with E-state index in [4.69, 9.17) is 25.2 Å². The Morgan fingerprint density at radius 3 is 2.33 bits per heavy atom. The van der Waals surface area contributed by atoms with Gasteiger partial charge in [0.1, 0.15) is 11.5 Å². The lowest BCUT2D eigenvalue weighted by atomic mass is 9.61. The summed E-state index contributed by atoms with van der Waals surface area (Å²) in [7, 11) is 4.46. The number of fused-ring (bicyclic) bond motifs is 4. The lowest BCUT2D eigenvalue weighted by Crippen LogP contribution is -2.54. The van der Waals surface area contributed by atoms with E-state index in [-0.39, 0.29) is 11.1 Å². The molecule has 1 aliphatic heterocycles. The molecular formula is C33H40N2O8. The largest absolute Gasteiger partial charge is 0.481 e.